The van der Waals surface area contributed by atoms with Gasteiger partial charge in [-0.25, -0.2) is 4.39 Å². The number of carbonyl (C=O) groups is 1. The molecule has 0 aliphatic carbocycles. The average Bonchev–Trinajstić information content (AvgIpc) is 2.47. The molecule has 1 atom stereocenters. The van der Waals surface area contributed by atoms with Gasteiger partial charge in [-0.15, -0.1) is 0 Å². The van der Waals surface area contributed by atoms with E-state index in [1.54, 1.807) is 12.1 Å². The first-order valence-corrected chi connectivity index (χ1v) is 7.93. The smallest absolute Gasteiger partial charge is 0.163 e. The Morgan fingerprint density at radius 3 is 2.41 bits per heavy atom. The summed E-state index contributed by atoms with van der Waals surface area (Å²) in [6.45, 7) is 1.98. The predicted molar refractivity (Wildman–Crippen MR) is 92.2 cm³/mol. The van der Waals surface area contributed by atoms with Gasteiger partial charge in [0.1, 0.15) is 5.82 Å². The fraction of sp³-hybridized carbons (Fsp3) is 0.278. The summed E-state index contributed by atoms with van der Waals surface area (Å²) in [5, 5.41) is 0. The molecule has 2 rings (SSSR count). The molecule has 22 heavy (non-hydrogen) atoms. The minimum absolute atomic E-state index is 0.0551. The summed E-state index contributed by atoms with van der Waals surface area (Å²) in [6.07, 6.45) is 0.403. The largest absolute Gasteiger partial charge is 0.377 e. The molecular weight excluding hydrogens is 345 g/mol. The zero-order chi connectivity index (χ0) is 16.3. The van der Waals surface area contributed by atoms with Crippen molar-refractivity contribution in [1.29, 1.82) is 0 Å². The Hall–Kier alpha value is -1.68. The van der Waals surface area contributed by atoms with Crippen LogP contribution in [0.25, 0.3) is 0 Å². The van der Waals surface area contributed by atoms with Gasteiger partial charge >= 0.3 is 0 Å². The van der Waals surface area contributed by atoms with E-state index in [0.29, 0.717) is 12.0 Å². The van der Waals surface area contributed by atoms with Crippen molar-refractivity contribution in [2.24, 2.45) is 0 Å². The Bertz CT molecular complexity index is 667. The monoisotopic (exact) mass is 363 g/mol. The first-order chi connectivity index (χ1) is 10.4. The van der Waals surface area contributed by atoms with Crippen LogP contribution in [-0.4, -0.2) is 19.9 Å². The molecule has 0 N–H and O–H groups in total. The van der Waals surface area contributed by atoms with Crippen molar-refractivity contribution in [1.82, 2.24) is 0 Å². The quantitative estimate of drug-likeness (QED) is 0.694. The van der Waals surface area contributed by atoms with Gasteiger partial charge in [0, 0.05) is 30.6 Å². The Labute approximate surface area is 139 Å². The zero-order valence-corrected chi connectivity index (χ0v) is 14.5. The highest BCUT2D eigenvalue weighted by Gasteiger charge is 2.15. The predicted octanol–water partition coefficient (Wildman–Crippen LogP) is 5.03. The first kappa shape index (κ1) is 16.7. The molecule has 0 saturated carbocycles. The van der Waals surface area contributed by atoms with Crippen LogP contribution >= 0.6 is 15.9 Å². The lowest BCUT2D eigenvalue weighted by atomic mass is 9.93. The van der Waals surface area contributed by atoms with Gasteiger partial charge < -0.3 is 4.90 Å². The first-order valence-electron chi connectivity index (χ1n) is 7.14. The maximum absolute atomic E-state index is 13.0. The number of hydrogen-bond acceptors (Lipinski definition) is 2. The molecule has 2 nitrogen and oxygen atoms in total. The van der Waals surface area contributed by atoms with Gasteiger partial charge in [0.15, 0.2) is 5.78 Å². The minimum atomic E-state index is -0.259. The molecule has 0 aliphatic rings. The van der Waals surface area contributed by atoms with Crippen LogP contribution in [0.15, 0.2) is 46.9 Å². The third-order valence-electron chi connectivity index (χ3n) is 3.68. The maximum atomic E-state index is 13.0. The Kier molecular flexibility index (Phi) is 5.35. The number of carbonyl (C=O) groups excluding carboxylic acids is 1. The van der Waals surface area contributed by atoms with Crippen LogP contribution in [0.3, 0.4) is 0 Å². The lowest BCUT2D eigenvalue weighted by Crippen LogP contribution is -2.11. The summed E-state index contributed by atoms with van der Waals surface area (Å²) >= 11 is 3.49. The number of Topliss-reactive ketones (excluding diaryl/α,β-unsaturated/α-hetero) is 1. The highest BCUT2D eigenvalue weighted by atomic mass is 79.9. The number of hydrogen-bond donors (Lipinski definition) is 0. The van der Waals surface area contributed by atoms with E-state index in [1.807, 2.05) is 44.1 Å². The van der Waals surface area contributed by atoms with Crippen LogP contribution in [0, 0.1) is 5.82 Å². The van der Waals surface area contributed by atoms with Crippen molar-refractivity contribution in [3.8, 4) is 0 Å². The third kappa shape index (κ3) is 3.95. The highest BCUT2D eigenvalue weighted by molar-refractivity contribution is 9.10. The fourth-order valence-corrected chi connectivity index (χ4v) is 2.94. The van der Waals surface area contributed by atoms with Crippen molar-refractivity contribution in [3.63, 3.8) is 0 Å². The second-order valence-corrected chi connectivity index (χ2v) is 6.49. The number of anilines is 1. The van der Waals surface area contributed by atoms with Crippen LogP contribution in [0.4, 0.5) is 10.1 Å². The van der Waals surface area contributed by atoms with E-state index < -0.39 is 0 Å². The number of nitrogens with zero attached hydrogens (tertiary/aromatic N) is 1. The molecule has 0 fully saturated rings. The molecule has 0 aliphatic heterocycles. The van der Waals surface area contributed by atoms with Crippen molar-refractivity contribution in [3.05, 3.63) is 63.9 Å². The molecule has 0 unspecified atom stereocenters. The Morgan fingerprint density at radius 2 is 1.82 bits per heavy atom. The average molecular weight is 364 g/mol. The van der Waals surface area contributed by atoms with Gasteiger partial charge in [-0.2, -0.15) is 0 Å². The van der Waals surface area contributed by atoms with Crippen LogP contribution < -0.4 is 4.90 Å². The van der Waals surface area contributed by atoms with Crippen molar-refractivity contribution in [2.75, 3.05) is 19.0 Å². The van der Waals surface area contributed by atoms with E-state index in [1.165, 1.54) is 12.1 Å². The summed E-state index contributed by atoms with van der Waals surface area (Å²) in [7, 11) is 3.88. The molecule has 2 aromatic carbocycles. The van der Waals surface area contributed by atoms with E-state index in [0.717, 1.165) is 15.7 Å². The van der Waals surface area contributed by atoms with Crippen LogP contribution in [0.5, 0.6) is 0 Å². The lowest BCUT2D eigenvalue weighted by molar-refractivity contribution is 0.0975. The van der Waals surface area contributed by atoms with Crippen molar-refractivity contribution < 1.29 is 9.18 Å². The van der Waals surface area contributed by atoms with Gasteiger partial charge in [0.2, 0.25) is 0 Å². The second kappa shape index (κ2) is 7.05. The minimum Gasteiger partial charge on any atom is -0.377 e. The maximum Gasteiger partial charge on any atom is 0.163 e. The zero-order valence-electron chi connectivity index (χ0n) is 12.9. The van der Waals surface area contributed by atoms with E-state index in [4.69, 9.17) is 0 Å². The van der Waals surface area contributed by atoms with Crippen LogP contribution in [0.2, 0.25) is 0 Å². The molecule has 116 valence electrons. The number of benzene rings is 2. The fourth-order valence-electron chi connectivity index (χ4n) is 2.33. The Balaban J connectivity index is 2.15. The molecule has 0 amide bonds. The van der Waals surface area contributed by atoms with Crippen LogP contribution in [-0.2, 0) is 0 Å². The normalized spacial score (nSPS) is 12.0. The van der Waals surface area contributed by atoms with Crippen molar-refractivity contribution >= 4 is 27.4 Å². The molecule has 0 spiro atoms. The molecule has 4 heteroatoms. The number of rotatable bonds is 5. The van der Waals surface area contributed by atoms with E-state index in [2.05, 4.69) is 15.9 Å². The standard InChI is InChI=1S/C18H19BrFNO/c1-12(13-4-7-15(20)8-5-13)10-18(22)14-6-9-16(19)17(11-14)21(2)3/h4-9,11-12H,10H2,1-3H3/t12-/m0/s1. The molecule has 2 aromatic rings. The topological polar surface area (TPSA) is 20.3 Å². The van der Waals surface area contributed by atoms with Gasteiger partial charge in [-0.05, 0) is 51.7 Å². The number of ketones is 1. The van der Waals surface area contributed by atoms with Gasteiger partial charge in [-0.1, -0.05) is 25.1 Å². The molecule has 0 saturated heterocycles. The van der Waals surface area contributed by atoms with E-state index in [-0.39, 0.29) is 17.5 Å². The lowest BCUT2D eigenvalue weighted by Gasteiger charge is -2.16. The summed E-state index contributed by atoms with van der Waals surface area (Å²) in [5.74, 6) is -0.113. The third-order valence-corrected chi connectivity index (χ3v) is 4.35. The Morgan fingerprint density at radius 1 is 1.18 bits per heavy atom. The van der Waals surface area contributed by atoms with Gasteiger partial charge in [0.25, 0.3) is 0 Å². The van der Waals surface area contributed by atoms with Gasteiger partial charge in [-0.3, -0.25) is 4.79 Å². The molecule has 0 aromatic heterocycles. The number of halogens is 2. The second-order valence-electron chi connectivity index (χ2n) is 5.64. The SMILES string of the molecule is C[C@@H](CC(=O)c1ccc(Br)c(N(C)C)c1)c1ccc(F)cc1. The summed E-state index contributed by atoms with van der Waals surface area (Å²) in [4.78, 5) is 14.4. The van der Waals surface area contributed by atoms with Gasteiger partial charge in [0.05, 0.1) is 5.69 Å². The summed E-state index contributed by atoms with van der Waals surface area (Å²) < 4.78 is 13.9. The van der Waals surface area contributed by atoms with E-state index in [9.17, 15) is 9.18 Å². The molecule has 0 radical (unpaired) electrons. The highest BCUT2D eigenvalue weighted by Crippen LogP contribution is 2.28. The molecular formula is C18H19BrFNO. The van der Waals surface area contributed by atoms with Crippen LogP contribution in [0.1, 0.15) is 35.2 Å². The summed E-state index contributed by atoms with van der Waals surface area (Å²) in [5.41, 5.74) is 2.64. The van der Waals surface area contributed by atoms with Crippen molar-refractivity contribution in [2.45, 2.75) is 19.3 Å². The van der Waals surface area contributed by atoms with E-state index >= 15 is 0 Å². The molecule has 0 heterocycles. The summed E-state index contributed by atoms with van der Waals surface area (Å²) in [6, 6.07) is 12.0. The molecule has 0 bridgehead atoms.